The highest BCUT2D eigenvalue weighted by molar-refractivity contribution is 5.90. The second-order valence-corrected chi connectivity index (χ2v) is 14.2. The van der Waals surface area contributed by atoms with Gasteiger partial charge in [-0.05, 0) is 70.1 Å². The first-order valence-corrected chi connectivity index (χ1v) is 17.5. The third kappa shape index (κ3) is 12.6. The highest BCUT2D eigenvalue weighted by atomic mass is 16.4. The maximum absolute atomic E-state index is 14.2. The van der Waals surface area contributed by atoms with Gasteiger partial charge in [0.25, 0.3) is 0 Å². The van der Waals surface area contributed by atoms with E-state index in [1.807, 2.05) is 69.3 Å². The second-order valence-electron chi connectivity index (χ2n) is 14.2. The molecule has 6 N–H and O–H groups in total. The Morgan fingerprint density at radius 3 is 2.35 bits per heavy atom. The van der Waals surface area contributed by atoms with E-state index in [1.165, 1.54) is 17.8 Å². The van der Waals surface area contributed by atoms with Crippen molar-refractivity contribution in [3.8, 4) is 0 Å². The number of benzene rings is 1. The second kappa shape index (κ2) is 18.5. The summed E-state index contributed by atoms with van der Waals surface area (Å²) < 4.78 is 0. The fourth-order valence-corrected chi connectivity index (χ4v) is 6.39. The average Bonchev–Trinajstić information content (AvgIpc) is 3.59. The normalized spacial score (nSPS) is 16.2. The Labute approximate surface area is 289 Å². The van der Waals surface area contributed by atoms with Crippen LogP contribution in [-0.4, -0.2) is 77.8 Å². The van der Waals surface area contributed by atoms with E-state index < -0.39 is 47.7 Å². The molecule has 1 saturated carbocycles. The molecule has 0 radical (unpaired) electrons. The number of hydrogen-bond acceptors (Lipinski definition) is 7. The molecule has 2 aromatic heterocycles. The van der Waals surface area contributed by atoms with E-state index in [2.05, 4.69) is 31.0 Å². The largest absolute Gasteiger partial charge is 0.480 e. The maximum Gasteiger partial charge on any atom is 0.332 e. The molecule has 12 heteroatoms. The lowest BCUT2D eigenvalue weighted by atomic mass is 9.83. The van der Waals surface area contributed by atoms with Crippen LogP contribution in [0.5, 0.6) is 0 Å². The summed E-state index contributed by atoms with van der Waals surface area (Å²) in [6, 6.07) is 11.6. The van der Waals surface area contributed by atoms with Crippen molar-refractivity contribution < 1.29 is 24.6 Å². The minimum absolute atomic E-state index is 0.0382. The smallest absolute Gasteiger partial charge is 0.332 e. The monoisotopic (exact) mass is 675 g/mol. The number of urea groups is 1. The number of carboxylic acids is 1. The number of pyridine rings is 1. The third-order valence-corrected chi connectivity index (χ3v) is 8.91. The van der Waals surface area contributed by atoms with E-state index in [1.54, 1.807) is 12.4 Å². The number of hydrazine groups is 1. The fourth-order valence-electron chi connectivity index (χ4n) is 6.39. The van der Waals surface area contributed by atoms with Crippen LogP contribution in [0.25, 0.3) is 0 Å². The topological polar surface area (TPSA) is 173 Å². The Balaban J connectivity index is 1.65. The standard InChI is InChI=1S/C37H53N7O5/c1-37(2,3)42-36(49)44(43-30(21-26-13-6-4-7-14-26)33(45)19-12-18-28-17-10-11-20-39-28)32(22-27-15-8-5-9-16-27)34(46)41-31(35(47)48)23-29-24-38-25-40-29/h5,8-11,15-17,20,24-26,30-33,43,45H,4,6-7,12-14,18-19,21-23H2,1-3H3,(H,38,40)(H,41,46)(H,42,49)(H,47,48)/t30-,31-,32-,33-/m0/s1. The number of nitrogens with one attached hydrogen (secondary N) is 4. The minimum atomic E-state index is -1.28. The number of rotatable bonds is 17. The summed E-state index contributed by atoms with van der Waals surface area (Å²) in [6.07, 6.45) is 12.0. The summed E-state index contributed by atoms with van der Waals surface area (Å²) in [4.78, 5) is 52.1. The quantitative estimate of drug-likeness (QED) is 0.113. The number of aromatic nitrogens is 3. The molecule has 1 aliphatic rings. The number of aromatic amines is 1. The molecule has 4 rings (SSSR count). The van der Waals surface area contributed by atoms with Crippen molar-refractivity contribution in [1.82, 2.24) is 36.0 Å². The van der Waals surface area contributed by atoms with E-state index in [9.17, 15) is 24.6 Å². The molecular weight excluding hydrogens is 622 g/mol. The summed E-state index contributed by atoms with van der Waals surface area (Å²) in [6.45, 7) is 5.56. The lowest BCUT2D eigenvalue weighted by Crippen LogP contribution is -2.65. The van der Waals surface area contributed by atoms with Gasteiger partial charge in [-0.3, -0.25) is 9.78 Å². The molecule has 0 unspecified atom stereocenters. The van der Waals surface area contributed by atoms with Gasteiger partial charge in [0.05, 0.1) is 24.2 Å². The molecule has 2 heterocycles. The Morgan fingerprint density at radius 2 is 1.71 bits per heavy atom. The molecule has 1 aliphatic carbocycles. The van der Waals surface area contributed by atoms with E-state index in [-0.39, 0.29) is 12.8 Å². The van der Waals surface area contributed by atoms with E-state index in [0.717, 1.165) is 36.9 Å². The number of aryl methyl sites for hydroxylation is 1. The minimum Gasteiger partial charge on any atom is -0.480 e. The number of nitrogens with zero attached hydrogens (tertiary/aromatic N) is 3. The van der Waals surface area contributed by atoms with Crippen LogP contribution in [0.2, 0.25) is 0 Å². The van der Waals surface area contributed by atoms with Crippen molar-refractivity contribution >= 4 is 17.9 Å². The molecule has 0 saturated heterocycles. The van der Waals surface area contributed by atoms with Crippen molar-refractivity contribution in [2.24, 2.45) is 5.92 Å². The number of carbonyl (C=O) groups is 3. The van der Waals surface area contributed by atoms with Crippen LogP contribution < -0.4 is 16.1 Å². The maximum atomic E-state index is 14.2. The number of hydrogen-bond donors (Lipinski definition) is 6. The van der Waals surface area contributed by atoms with Crippen LogP contribution in [0, 0.1) is 5.92 Å². The zero-order valence-corrected chi connectivity index (χ0v) is 29.0. The number of H-pyrrole nitrogens is 1. The number of carbonyl (C=O) groups excluding carboxylic acids is 2. The Morgan fingerprint density at radius 1 is 0.980 bits per heavy atom. The molecule has 12 nitrogen and oxygen atoms in total. The number of aliphatic hydroxyl groups excluding tert-OH is 1. The third-order valence-electron chi connectivity index (χ3n) is 8.91. The molecule has 3 amide bonds. The van der Waals surface area contributed by atoms with Gasteiger partial charge in [-0.1, -0.05) is 68.5 Å². The van der Waals surface area contributed by atoms with Crippen molar-refractivity contribution in [1.29, 1.82) is 0 Å². The van der Waals surface area contributed by atoms with E-state index in [4.69, 9.17) is 0 Å². The van der Waals surface area contributed by atoms with Gasteiger partial charge in [0.1, 0.15) is 12.1 Å². The van der Waals surface area contributed by atoms with Crippen LogP contribution in [-0.2, 0) is 28.9 Å². The van der Waals surface area contributed by atoms with Crippen LogP contribution in [0.1, 0.15) is 89.1 Å². The lowest BCUT2D eigenvalue weighted by molar-refractivity contribution is -0.142. The van der Waals surface area contributed by atoms with Crippen LogP contribution in [0.15, 0.2) is 67.3 Å². The summed E-state index contributed by atoms with van der Waals surface area (Å²) >= 11 is 0. The van der Waals surface area contributed by atoms with Gasteiger partial charge in [0.2, 0.25) is 5.91 Å². The molecule has 1 aromatic carbocycles. The number of aliphatic hydroxyl groups is 1. The SMILES string of the molecule is CC(C)(C)NC(=O)N(N[C@@H](CC1CCCCC1)[C@@H](O)CCCc1ccccn1)[C@@H](Cc1ccccc1)C(=O)N[C@@H](Cc1c[nH]cn1)C(=O)O. The van der Waals surface area contributed by atoms with Crippen molar-refractivity contribution in [3.63, 3.8) is 0 Å². The molecule has 3 aromatic rings. The highest BCUT2D eigenvalue weighted by Crippen LogP contribution is 2.29. The van der Waals surface area contributed by atoms with Gasteiger partial charge in [0, 0.05) is 36.5 Å². The first-order valence-electron chi connectivity index (χ1n) is 17.5. The molecule has 0 aliphatic heterocycles. The number of carboxylic acid groups (broad SMARTS) is 1. The first kappa shape index (κ1) is 37.5. The van der Waals surface area contributed by atoms with Gasteiger partial charge < -0.3 is 25.8 Å². The fraction of sp³-hybridized carbons (Fsp3) is 0.541. The molecular formula is C37H53N7O5. The zero-order valence-electron chi connectivity index (χ0n) is 29.0. The van der Waals surface area contributed by atoms with Crippen molar-refractivity contribution in [2.45, 2.75) is 121 Å². The number of imidazole rings is 1. The predicted molar refractivity (Wildman–Crippen MR) is 187 cm³/mol. The molecule has 0 spiro atoms. The lowest BCUT2D eigenvalue weighted by Gasteiger charge is -2.39. The van der Waals surface area contributed by atoms with E-state index >= 15 is 0 Å². The van der Waals surface area contributed by atoms with Crippen molar-refractivity contribution in [2.75, 3.05) is 0 Å². The summed E-state index contributed by atoms with van der Waals surface area (Å²) in [5, 5.41) is 28.7. The van der Waals surface area contributed by atoms with Gasteiger partial charge in [0.15, 0.2) is 0 Å². The van der Waals surface area contributed by atoms with Gasteiger partial charge >= 0.3 is 12.0 Å². The van der Waals surface area contributed by atoms with Gasteiger partial charge in [-0.25, -0.2) is 25.0 Å². The number of aliphatic carboxylic acids is 1. The molecule has 0 bridgehead atoms. The zero-order chi connectivity index (χ0) is 35.2. The molecule has 4 atom stereocenters. The summed E-state index contributed by atoms with van der Waals surface area (Å²) in [5.41, 5.74) is 4.92. The Hall–Kier alpha value is -4.29. The summed E-state index contributed by atoms with van der Waals surface area (Å²) in [5.74, 6) is -1.49. The Kier molecular flexibility index (Phi) is 14.1. The molecule has 1 fully saturated rings. The molecule has 266 valence electrons. The first-order chi connectivity index (χ1) is 23.5. The van der Waals surface area contributed by atoms with Crippen LogP contribution in [0.3, 0.4) is 0 Å². The van der Waals surface area contributed by atoms with Gasteiger partial charge in [-0.2, -0.15) is 0 Å². The highest BCUT2D eigenvalue weighted by Gasteiger charge is 2.37. The van der Waals surface area contributed by atoms with Gasteiger partial charge in [-0.15, -0.1) is 0 Å². The predicted octanol–water partition coefficient (Wildman–Crippen LogP) is 4.57. The van der Waals surface area contributed by atoms with Crippen molar-refractivity contribution in [3.05, 3.63) is 84.2 Å². The average molecular weight is 676 g/mol. The van der Waals surface area contributed by atoms with E-state index in [0.29, 0.717) is 37.3 Å². The van der Waals surface area contributed by atoms with Crippen LogP contribution in [0.4, 0.5) is 4.79 Å². The van der Waals surface area contributed by atoms with Crippen LogP contribution >= 0.6 is 0 Å². The summed E-state index contributed by atoms with van der Waals surface area (Å²) in [7, 11) is 0. The number of amides is 3. The Bertz CT molecular complexity index is 1430. The molecule has 49 heavy (non-hydrogen) atoms.